The number of hydrogen-bond acceptors (Lipinski definition) is 11. The van der Waals surface area contributed by atoms with Gasteiger partial charge in [-0.05, 0) is 19.9 Å². The number of benzene rings is 2. The Bertz CT molecular complexity index is 1540. The summed E-state index contributed by atoms with van der Waals surface area (Å²) < 4.78 is 55.6. The zero-order chi connectivity index (χ0) is 32.5. The normalized spacial score (nSPS) is 28.9. The molecule has 1 saturated heterocycles. The highest BCUT2D eigenvalue weighted by molar-refractivity contribution is 6.31. The Morgan fingerprint density at radius 2 is 1.80 bits per heavy atom. The van der Waals surface area contributed by atoms with Crippen molar-refractivity contribution in [3.63, 3.8) is 0 Å². The number of aliphatic hydroxyl groups is 3. The van der Waals surface area contributed by atoms with Crippen LogP contribution in [-0.2, 0) is 20.7 Å². The van der Waals surface area contributed by atoms with Gasteiger partial charge in [-0.2, -0.15) is 13.2 Å². The van der Waals surface area contributed by atoms with Crippen molar-refractivity contribution >= 4 is 17.5 Å². The van der Waals surface area contributed by atoms with E-state index in [1.54, 1.807) is 5.32 Å². The first-order chi connectivity index (χ1) is 20.5. The van der Waals surface area contributed by atoms with E-state index in [0.717, 1.165) is 0 Å². The lowest BCUT2D eigenvalue weighted by atomic mass is 9.71. The van der Waals surface area contributed by atoms with E-state index in [-0.39, 0.29) is 28.0 Å². The van der Waals surface area contributed by atoms with Crippen LogP contribution in [-0.4, -0.2) is 92.5 Å². The van der Waals surface area contributed by atoms with Crippen LogP contribution in [0.15, 0.2) is 18.2 Å². The number of alkyl halides is 3. The lowest BCUT2D eigenvalue weighted by Crippen LogP contribution is -2.57. The summed E-state index contributed by atoms with van der Waals surface area (Å²) in [6, 6.07) is 2.76. The van der Waals surface area contributed by atoms with Crippen LogP contribution in [0.25, 0.3) is 0 Å². The molecule has 15 heteroatoms. The quantitative estimate of drug-likeness (QED) is 0.226. The Morgan fingerprint density at radius 1 is 1.14 bits per heavy atom. The molecule has 0 spiro atoms. The third-order valence-corrected chi connectivity index (χ3v) is 8.48. The highest BCUT2D eigenvalue weighted by atomic mass is 19.4. The van der Waals surface area contributed by atoms with Gasteiger partial charge in [0, 0.05) is 36.0 Å². The van der Waals surface area contributed by atoms with Crippen LogP contribution in [0.1, 0.15) is 75.8 Å². The molecule has 0 bridgehead atoms. The Kier molecular flexibility index (Phi) is 7.91. The minimum atomic E-state index is -5.23. The van der Waals surface area contributed by atoms with Crippen molar-refractivity contribution in [2.45, 2.75) is 81.6 Å². The molecule has 1 heterocycles. The van der Waals surface area contributed by atoms with Gasteiger partial charge in [-0.15, -0.1) is 0 Å². The van der Waals surface area contributed by atoms with Gasteiger partial charge in [-0.3, -0.25) is 14.4 Å². The number of ether oxygens (including phenoxy) is 3. The van der Waals surface area contributed by atoms with Crippen molar-refractivity contribution < 1.29 is 67.3 Å². The number of hydrogen-bond donors (Lipinski definition) is 6. The Morgan fingerprint density at radius 3 is 2.41 bits per heavy atom. The molecule has 2 aliphatic carbocycles. The van der Waals surface area contributed by atoms with Gasteiger partial charge in [0.1, 0.15) is 23.4 Å². The number of ketones is 2. The summed E-state index contributed by atoms with van der Waals surface area (Å²) in [5.74, 6) is -5.42. The molecule has 238 valence electrons. The van der Waals surface area contributed by atoms with Gasteiger partial charge >= 0.3 is 12.1 Å². The molecule has 1 amide bonds. The summed E-state index contributed by atoms with van der Waals surface area (Å²) >= 11 is 0. The van der Waals surface area contributed by atoms with E-state index in [0.29, 0.717) is 0 Å². The summed E-state index contributed by atoms with van der Waals surface area (Å²) in [7, 11) is 1.28. The zero-order valence-corrected chi connectivity index (χ0v) is 23.6. The molecular weight excluding hydrogens is 595 g/mol. The molecule has 7 atom stereocenters. The van der Waals surface area contributed by atoms with Gasteiger partial charge in [-0.1, -0.05) is 12.1 Å². The highest BCUT2D eigenvalue weighted by Crippen LogP contribution is 2.53. The highest BCUT2D eigenvalue weighted by Gasteiger charge is 2.50. The maximum absolute atomic E-state index is 13.7. The van der Waals surface area contributed by atoms with Crippen LogP contribution in [0.3, 0.4) is 0 Å². The number of aromatic hydroxyl groups is 2. The first kappa shape index (κ1) is 31.7. The number of phenols is 2. The second-order valence-corrected chi connectivity index (χ2v) is 11.2. The molecule has 0 aromatic heterocycles. The van der Waals surface area contributed by atoms with Crippen molar-refractivity contribution in [1.29, 1.82) is 0 Å². The molecule has 2 aromatic carbocycles. The van der Waals surface area contributed by atoms with Crippen molar-refractivity contribution in [1.82, 2.24) is 5.32 Å². The van der Waals surface area contributed by atoms with Crippen molar-refractivity contribution in [2.75, 3.05) is 7.11 Å². The third kappa shape index (κ3) is 5.07. The molecule has 2 aromatic rings. The first-order valence-electron chi connectivity index (χ1n) is 13.6. The predicted molar refractivity (Wildman–Crippen MR) is 141 cm³/mol. The number of phenolic OH excluding ortho intramolecular Hbond substituents is 2. The molecule has 6 N–H and O–H groups in total. The third-order valence-electron chi connectivity index (χ3n) is 8.48. The number of carbonyl (C=O) groups excluding carboxylic acids is 3. The molecule has 3 aliphatic rings. The fourth-order valence-electron chi connectivity index (χ4n) is 6.10. The molecule has 1 aliphatic heterocycles. The zero-order valence-electron chi connectivity index (χ0n) is 23.6. The lowest BCUT2D eigenvalue weighted by Gasteiger charge is -2.44. The van der Waals surface area contributed by atoms with E-state index >= 15 is 0 Å². The minimum Gasteiger partial charge on any atom is -0.507 e. The molecule has 12 nitrogen and oxygen atoms in total. The van der Waals surface area contributed by atoms with Crippen LogP contribution in [0.2, 0.25) is 0 Å². The van der Waals surface area contributed by atoms with Gasteiger partial charge in [0.15, 0.2) is 12.1 Å². The van der Waals surface area contributed by atoms with Crippen molar-refractivity contribution in [3.05, 3.63) is 51.6 Å². The molecular formula is C29H30F3NO11. The number of rotatable bonds is 5. The predicted octanol–water partition coefficient (Wildman–Crippen LogP) is 1.54. The van der Waals surface area contributed by atoms with Crippen molar-refractivity contribution in [2.24, 2.45) is 0 Å². The number of amides is 1. The number of methoxy groups -OCH3 is 1. The molecule has 5 rings (SSSR count). The second-order valence-electron chi connectivity index (χ2n) is 11.2. The molecule has 0 radical (unpaired) electrons. The van der Waals surface area contributed by atoms with Gasteiger partial charge < -0.3 is 45.1 Å². The lowest BCUT2D eigenvalue weighted by molar-refractivity contribution is -0.253. The smallest absolute Gasteiger partial charge is 0.471 e. The second kappa shape index (κ2) is 11.0. The van der Waals surface area contributed by atoms with Gasteiger partial charge in [0.25, 0.3) is 0 Å². The summed E-state index contributed by atoms with van der Waals surface area (Å²) in [4.78, 5) is 38.9. The summed E-state index contributed by atoms with van der Waals surface area (Å²) in [6.07, 6.45) is -13.8. The van der Waals surface area contributed by atoms with E-state index in [2.05, 4.69) is 0 Å². The monoisotopic (exact) mass is 625 g/mol. The molecule has 1 fully saturated rings. The van der Waals surface area contributed by atoms with E-state index in [1.165, 1.54) is 39.2 Å². The molecule has 44 heavy (non-hydrogen) atoms. The Labute approximate surface area is 248 Å². The van der Waals surface area contributed by atoms with Crippen LogP contribution in [0.4, 0.5) is 13.2 Å². The summed E-state index contributed by atoms with van der Waals surface area (Å²) in [5, 5.41) is 56.8. The van der Waals surface area contributed by atoms with Crippen LogP contribution < -0.4 is 10.1 Å². The SMILES string of the molecule is COc1cccc2c1C(=O)c1c(O)c3c(c(O)c1C2=O)CC(O)(C(C)O)CC3O[C@H]1C[C@H](NC(=O)C(F)(F)F)[C@H](O)[C@H](C)O1. The maximum Gasteiger partial charge on any atom is 0.471 e. The maximum atomic E-state index is 13.7. The van der Waals surface area contributed by atoms with Crippen LogP contribution >= 0.6 is 0 Å². The Balaban J connectivity index is 1.59. The number of fused-ring (bicyclic) bond motifs is 3. The van der Waals surface area contributed by atoms with Crippen LogP contribution in [0.5, 0.6) is 17.2 Å². The number of aliphatic hydroxyl groups excluding tert-OH is 2. The van der Waals surface area contributed by atoms with E-state index < -0.39 is 108 Å². The largest absolute Gasteiger partial charge is 0.507 e. The number of halogens is 3. The fourth-order valence-corrected chi connectivity index (χ4v) is 6.10. The van der Waals surface area contributed by atoms with E-state index in [1.807, 2.05) is 0 Å². The number of nitrogens with one attached hydrogen (secondary N) is 1. The van der Waals surface area contributed by atoms with Crippen molar-refractivity contribution in [3.8, 4) is 17.2 Å². The van der Waals surface area contributed by atoms with Gasteiger partial charge in [0.05, 0.1) is 53.8 Å². The Hall–Kier alpha value is -3.76. The molecule has 0 saturated carbocycles. The average molecular weight is 626 g/mol. The molecule has 3 unspecified atom stereocenters. The average Bonchev–Trinajstić information content (AvgIpc) is 2.94. The van der Waals surface area contributed by atoms with Gasteiger partial charge in [-0.25, -0.2) is 0 Å². The first-order valence-corrected chi connectivity index (χ1v) is 13.6. The van der Waals surface area contributed by atoms with E-state index in [4.69, 9.17) is 14.2 Å². The standard InChI is InChI=1S/C29H30F3NO11/c1-10-22(35)14(33-27(40)29(30,31)32)7-17(43-10)44-16-9-28(41,11(2)34)8-13-19(16)26(39)21-20(24(13)37)23(36)12-5-4-6-15(42-3)18(12)25(21)38/h4-6,10-11,14,16-17,22,34-35,37,39,41H,7-9H2,1-3H3,(H,33,40)/t10-,11?,14-,16?,17-,22+,28?/m0/s1. The summed E-state index contributed by atoms with van der Waals surface area (Å²) in [6.45, 7) is 2.58. The fraction of sp³-hybridized carbons (Fsp3) is 0.483. The van der Waals surface area contributed by atoms with E-state index in [9.17, 15) is 53.1 Å². The topological polar surface area (TPSA) is 192 Å². The van der Waals surface area contributed by atoms with Crippen LogP contribution in [0, 0.1) is 0 Å². The number of carbonyl (C=O) groups is 3. The minimum absolute atomic E-state index is 0.0366. The van der Waals surface area contributed by atoms with Gasteiger partial charge in [0.2, 0.25) is 5.78 Å². The summed E-state index contributed by atoms with van der Waals surface area (Å²) in [5.41, 5.74) is -3.77.